The molecule has 0 saturated heterocycles. The van der Waals surface area contributed by atoms with E-state index in [1.54, 1.807) is 0 Å². The van der Waals surface area contributed by atoms with Gasteiger partial charge in [0.1, 0.15) is 0 Å². The van der Waals surface area contributed by atoms with Crippen LogP contribution in [0.3, 0.4) is 0 Å². The Bertz CT molecular complexity index is 127. The fourth-order valence-corrected chi connectivity index (χ4v) is 0.742. The second-order valence-electron chi connectivity index (χ2n) is 2.25. The molecule has 0 fully saturated rings. The Kier molecular flexibility index (Phi) is 4.63. The van der Waals surface area contributed by atoms with E-state index in [2.05, 4.69) is 0 Å². The number of aliphatic carboxylic acids is 1. The first-order valence-corrected chi connectivity index (χ1v) is 3.56. The monoisotopic (exact) mass is 142 g/mol. The van der Waals surface area contributed by atoms with Crippen molar-refractivity contribution in [1.82, 2.24) is 0 Å². The highest BCUT2D eigenvalue weighted by Gasteiger charge is 2.11. The molecule has 2 nitrogen and oxygen atoms in total. The molecule has 0 aliphatic heterocycles. The van der Waals surface area contributed by atoms with Gasteiger partial charge in [-0.1, -0.05) is 19.1 Å². The third kappa shape index (κ3) is 3.28. The minimum atomic E-state index is -0.694. The van der Waals surface area contributed by atoms with Crippen LogP contribution in [0.25, 0.3) is 0 Å². The normalized spacial score (nSPS) is 13.8. The van der Waals surface area contributed by atoms with Gasteiger partial charge >= 0.3 is 5.97 Å². The lowest BCUT2D eigenvalue weighted by molar-refractivity contribution is -0.141. The van der Waals surface area contributed by atoms with Gasteiger partial charge in [-0.25, -0.2) is 0 Å². The first-order chi connectivity index (χ1) is 4.72. The number of hydrogen-bond donors (Lipinski definition) is 1. The van der Waals surface area contributed by atoms with E-state index < -0.39 is 5.97 Å². The van der Waals surface area contributed by atoms with E-state index in [4.69, 9.17) is 5.11 Å². The maximum Gasteiger partial charge on any atom is 0.306 e. The SMILES string of the molecule is C/C=C\CC(CC)C(=O)O. The van der Waals surface area contributed by atoms with Gasteiger partial charge in [-0.05, 0) is 19.8 Å². The van der Waals surface area contributed by atoms with Gasteiger partial charge in [-0.3, -0.25) is 4.79 Å². The smallest absolute Gasteiger partial charge is 0.306 e. The zero-order valence-electron chi connectivity index (χ0n) is 6.50. The lowest BCUT2D eigenvalue weighted by atomic mass is 10.0. The second-order valence-corrected chi connectivity index (χ2v) is 2.25. The topological polar surface area (TPSA) is 37.3 Å². The van der Waals surface area contributed by atoms with Gasteiger partial charge in [0.05, 0.1) is 5.92 Å². The van der Waals surface area contributed by atoms with Crippen LogP contribution in [0.2, 0.25) is 0 Å². The van der Waals surface area contributed by atoms with Crippen molar-refractivity contribution in [2.24, 2.45) is 5.92 Å². The molecule has 0 bridgehead atoms. The van der Waals surface area contributed by atoms with Gasteiger partial charge in [0.15, 0.2) is 0 Å². The van der Waals surface area contributed by atoms with E-state index in [1.807, 2.05) is 26.0 Å². The molecular formula is C8H14O2. The van der Waals surface area contributed by atoms with Gasteiger partial charge in [0, 0.05) is 0 Å². The molecule has 0 heterocycles. The largest absolute Gasteiger partial charge is 0.481 e. The number of carbonyl (C=O) groups is 1. The zero-order valence-corrected chi connectivity index (χ0v) is 6.50. The summed E-state index contributed by atoms with van der Waals surface area (Å²) in [4.78, 5) is 10.4. The Hall–Kier alpha value is -0.790. The van der Waals surface area contributed by atoms with Crippen LogP contribution in [-0.4, -0.2) is 11.1 Å². The van der Waals surface area contributed by atoms with Crippen molar-refractivity contribution in [1.29, 1.82) is 0 Å². The van der Waals surface area contributed by atoms with Crippen molar-refractivity contribution in [2.45, 2.75) is 26.7 Å². The summed E-state index contributed by atoms with van der Waals surface area (Å²) in [6, 6.07) is 0. The highest BCUT2D eigenvalue weighted by molar-refractivity contribution is 5.70. The fourth-order valence-electron chi connectivity index (χ4n) is 0.742. The van der Waals surface area contributed by atoms with Crippen LogP contribution >= 0.6 is 0 Å². The van der Waals surface area contributed by atoms with Gasteiger partial charge in [0.2, 0.25) is 0 Å². The molecule has 0 rings (SSSR count). The van der Waals surface area contributed by atoms with E-state index in [0.29, 0.717) is 12.8 Å². The fraction of sp³-hybridized carbons (Fsp3) is 0.625. The second kappa shape index (κ2) is 5.03. The van der Waals surface area contributed by atoms with Gasteiger partial charge in [-0.2, -0.15) is 0 Å². The average Bonchev–Trinajstić information content (AvgIpc) is 1.89. The third-order valence-corrected chi connectivity index (χ3v) is 1.50. The molecule has 0 aromatic heterocycles. The molecule has 0 radical (unpaired) electrons. The molecule has 1 unspecified atom stereocenters. The van der Waals surface area contributed by atoms with E-state index in [1.165, 1.54) is 0 Å². The van der Waals surface area contributed by atoms with Crippen molar-refractivity contribution < 1.29 is 9.90 Å². The maximum atomic E-state index is 10.4. The predicted octanol–water partition coefficient (Wildman–Crippen LogP) is 2.06. The molecule has 0 aromatic carbocycles. The first kappa shape index (κ1) is 9.21. The Morgan fingerprint density at radius 3 is 2.60 bits per heavy atom. The lowest BCUT2D eigenvalue weighted by Gasteiger charge is -2.04. The van der Waals surface area contributed by atoms with Gasteiger partial charge in [0.25, 0.3) is 0 Å². The summed E-state index contributed by atoms with van der Waals surface area (Å²) in [6.45, 7) is 3.79. The molecule has 10 heavy (non-hydrogen) atoms. The number of carboxylic acid groups (broad SMARTS) is 1. The highest BCUT2D eigenvalue weighted by atomic mass is 16.4. The quantitative estimate of drug-likeness (QED) is 0.610. The summed E-state index contributed by atoms with van der Waals surface area (Å²) >= 11 is 0. The van der Waals surface area contributed by atoms with E-state index in [9.17, 15) is 4.79 Å². The Balaban J connectivity index is 3.71. The summed E-state index contributed by atoms with van der Waals surface area (Å²) in [5, 5.41) is 8.57. The summed E-state index contributed by atoms with van der Waals surface area (Å²) in [7, 11) is 0. The van der Waals surface area contributed by atoms with Crippen LogP contribution in [0.4, 0.5) is 0 Å². The Labute approximate surface area is 61.6 Å². The number of allylic oxidation sites excluding steroid dienone is 2. The molecule has 0 aliphatic carbocycles. The van der Waals surface area contributed by atoms with E-state index >= 15 is 0 Å². The van der Waals surface area contributed by atoms with Gasteiger partial charge in [-0.15, -0.1) is 0 Å². The molecule has 0 aromatic rings. The molecule has 58 valence electrons. The predicted molar refractivity (Wildman–Crippen MR) is 40.8 cm³/mol. The molecule has 0 saturated carbocycles. The van der Waals surface area contributed by atoms with E-state index in [0.717, 1.165) is 0 Å². The summed E-state index contributed by atoms with van der Waals surface area (Å²) < 4.78 is 0. The summed E-state index contributed by atoms with van der Waals surface area (Å²) in [5.41, 5.74) is 0. The lowest BCUT2D eigenvalue weighted by Crippen LogP contribution is -2.10. The highest BCUT2D eigenvalue weighted by Crippen LogP contribution is 2.08. The third-order valence-electron chi connectivity index (χ3n) is 1.50. The minimum absolute atomic E-state index is 0.198. The van der Waals surface area contributed by atoms with E-state index in [-0.39, 0.29) is 5.92 Å². The first-order valence-electron chi connectivity index (χ1n) is 3.56. The molecule has 1 atom stereocenters. The standard InChI is InChI=1S/C8H14O2/c1-3-5-6-7(4-2)8(9)10/h3,5,7H,4,6H2,1-2H3,(H,9,10)/b5-3-. The zero-order chi connectivity index (χ0) is 7.98. The van der Waals surface area contributed by atoms with Crippen molar-refractivity contribution in [3.05, 3.63) is 12.2 Å². The molecular weight excluding hydrogens is 128 g/mol. The summed E-state index contributed by atoms with van der Waals surface area (Å²) in [5.74, 6) is -0.892. The van der Waals surface area contributed by atoms with Crippen LogP contribution in [0.1, 0.15) is 26.7 Å². The Morgan fingerprint density at radius 1 is 1.70 bits per heavy atom. The van der Waals surface area contributed by atoms with Crippen molar-refractivity contribution in [3.63, 3.8) is 0 Å². The average molecular weight is 142 g/mol. The van der Waals surface area contributed by atoms with Crippen LogP contribution < -0.4 is 0 Å². The molecule has 0 aliphatic rings. The molecule has 2 heteroatoms. The van der Waals surface area contributed by atoms with Crippen molar-refractivity contribution >= 4 is 5.97 Å². The van der Waals surface area contributed by atoms with Crippen molar-refractivity contribution in [2.75, 3.05) is 0 Å². The minimum Gasteiger partial charge on any atom is -0.481 e. The summed E-state index contributed by atoms with van der Waals surface area (Å²) in [6.07, 6.45) is 5.13. The maximum absolute atomic E-state index is 10.4. The molecule has 0 spiro atoms. The number of hydrogen-bond acceptors (Lipinski definition) is 1. The van der Waals surface area contributed by atoms with Crippen LogP contribution in [0.5, 0.6) is 0 Å². The molecule has 1 N–H and O–H groups in total. The van der Waals surface area contributed by atoms with Crippen molar-refractivity contribution in [3.8, 4) is 0 Å². The van der Waals surface area contributed by atoms with Crippen LogP contribution in [-0.2, 0) is 4.79 Å². The van der Waals surface area contributed by atoms with Gasteiger partial charge < -0.3 is 5.11 Å². The Morgan fingerprint density at radius 2 is 2.30 bits per heavy atom. The number of carboxylic acids is 1. The molecule has 0 amide bonds. The van der Waals surface area contributed by atoms with Crippen LogP contribution in [0, 0.1) is 5.92 Å². The number of rotatable bonds is 4. The van der Waals surface area contributed by atoms with Crippen LogP contribution in [0.15, 0.2) is 12.2 Å².